The Labute approximate surface area is 263 Å². The van der Waals surface area contributed by atoms with E-state index in [0.29, 0.717) is 5.71 Å². The summed E-state index contributed by atoms with van der Waals surface area (Å²) in [5.74, 6) is 0. The van der Waals surface area contributed by atoms with Crippen LogP contribution in [-0.4, -0.2) is 5.71 Å². The molecule has 0 atom stereocenters. The van der Waals surface area contributed by atoms with Gasteiger partial charge in [0.2, 0.25) is 0 Å². The molecule has 0 radical (unpaired) electrons. The lowest BCUT2D eigenvalue weighted by Crippen LogP contribution is -2.20. The van der Waals surface area contributed by atoms with E-state index < -0.39 is 0 Å². The monoisotopic (exact) mass is 574 g/mol. The molecule has 0 saturated heterocycles. The Morgan fingerprint density at radius 2 is 1.04 bits per heavy atom. The standard InChI is InChI=1S/C43H30N2/c44-42(41-36-22-12-10-20-33(36)26-34-21-11-13-23-37(34)41)40(31-18-8-3-9-19-31)43-38-27-32(29-14-4-1-5-15-29)24-25-35(38)28-39(45-43)30-16-6-2-7-17-30/h1-28,44-45H/b43-40-,44-42?. The summed E-state index contributed by atoms with van der Waals surface area (Å²) in [5.41, 5.74) is 10.8. The quantitative estimate of drug-likeness (QED) is 0.156. The first kappa shape index (κ1) is 26.6. The summed E-state index contributed by atoms with van der Waals surface area (Å²) in [6.07, 6.45) is 2.22. The minimum Gasteiger partial charge on any atom is -0.354 e. The van der Waals surface area contributed by atoms with Gasteiger partial charge >= 0.3 is 0 Å². The SMILES string of the molecule is N=C(/C(=C1\NC(c2ccccc2)=Cc2ccc(-c3ccccc3)cc21)c1ccccc1)c1c2ccccc2cc2ccccc12. The van der Waals surface area contributed by atoms with Gasteiger partial charge in [-0.05, 0) is 67.6 Å². The Morgan fingerprint density at radius 3 is 1.69 bits per heavy atom. The Kier molecular flexibility index (Phi) is 6.66. The zero-order valence-electron chi connectivity index (χ0n) is 24.7. The van der Waals surface area contributed by atoms with Crippen molar-refractivity contribution in [1.29, 1.82) is 5.41 Å². The molecule has 1 aliphatic rings. The zero-order chi connectivity index (χ0) is 30.2. The van der Waals surface area contributed by atoms with Crippen LogP contribution < -0.4 is 5.32 Å². The Hall–Kier alpha value is -5.99. The molecule has 0 aromatic heterocycles. The molecule has 7 aromatic rings. The van der Waals surface area contributed by atoms with E-state index in [9.17, 15) is 5.41 Å². The first-order valence-electron chi connectivity index (χ1n) is 15.3. The third-order valence-corrected chi connectivity index (χ3v) is 8.66. The van der Waals surface area contributed by atoms with Crippen molar-refractivity contribution in [2.24, 2.45) is 0 Å². The predicted octanol–water partition coefficient (Wildman–Crippen LogP) is 10.7. The molecule has 0 saturated carbocycles. The van der Waals surface area contributed by atoms with E-state index in [0.717, 1.165) is 77.5 Å². The molecule has 1 heterocycles. The van der Waals surface area contributed by atoms with Crippen LogP contribution in [0.1, 0.15) is 27.8 Å². The van der Waals surface area contributed by atoms with Gasteiger partial charge < -0.3 is 5.32 Å². The second-order valence-corrected chi connectivity index (χ2v) is 11.4. The summed E-state index contributed by atoms with van der Waals surface area (Å²) in [7, 11) is 0. The normalized spacial score (nSPS) is 13.6. The van der Waals surface area contributed by atoms with Crippen LogP contribution in [0.15, 0.2) is 164 Å². The van der Waals surface area contributed by atoms with Crippen LogP contribution in [0.5, 0.6) is 0 Å². The van der Waals surface area contributed by atoms with Gasteiger partial charge in [0.15, 0.2) is 0 Å². The van der Waals surface area contributed by atoms with Crippen LogP contribution in [0.25, 0.3) is 55.7 Å². The minimum absolute atomic E-state index is 0.488. The van der Waals surface area contributed by atoms with Crippen LogP contribution in [-0.2, 0) is 0 Å². The van der Waals surface area contributed by atoms with E-state index in [1.165, 1.54) is 0 Å². The summed E-state index contributed by atoms with van der Waals surface area (Å²) < 4.78 is 0. The zero-order valence-corrected chi connectivity index (χ0v) is 24.7. The highest BCUT2D eigenvalue weighted by Crippen LogP contribution is 2.40. The maximum Gasteiger partial charge on any atom is 0.0724 e. The van der Waals surface area contributed by atoms with Gasteiger partial charge in [0.1, 0.15) is 0 Å². The summed E-state index contributed by atoms with van der Waals surface area (Å²) in [6, 6.07) is 57.1. The molecule has 0 unspecified atom stereocenters. The van der Waals surface area contributed by atoms with Gasteiger partial charge in [-0.15, -0.1) is 0 Å². The second kappa shape index (κ2) is 11.3. The lowest BCUT2D eigenvalue weighted by atomic mass is 9.84. The lowest BCUT2D eigenvalue weighted by Gasteiger charge is -2.27. The van der Waals surface area contributed by atoms with Crippen molar-refractivity contribution in [2.45, 2.75) is 0 Å². The van der Waals surface area contributed by atoms with Crippen LogP contribution >= 0.6 is 0 Å². The molecule has 8 rings (SSSR count). The molecule has 0 spiro atoms. The third-order valence-electron chi connectivity index (χ3n) is 8.66. The molecule has 2 nitrogen and oxygen atoms in total. The van der Waals surface area contributed by atoms with Gasteiger partial charge in [-0.1, -0.05) is 152 Å². The minimum atomic E-state index is 0.488. The van der Waals surface area contributed by atoms with E-state index in [1.807, 2.05) is 18.2 Å². The Balaban J connectivity index is 1.45. The van der Waals surface area contributed by atoms with Gasteiger partial charge in [0.25, 0.3) is 0 Å². The van der Waals surface area contributed by atoms with Crippen molar-refractivity contribution in [2.75, 3.05) is 0 Å². The molecule has 45 heavy (non-hydrogen) atoms. The summed E-state index contributed by atoms with van der Waals surface area (Å²) >= 11 is 0. The van der Waals surface area contributed by atoms with Crippen molar-refractivity contribution < 1.29 is 0 Å². The van der Waals surface area contributed by atoms with Crippen LogP contribution in [0.3, 0.4) is 0 Å². The molecule has 2 N–H and O–H groups in total. The number of rotatable bonds is 5. The number of hydrogen-bond acceptors (Lipinski definition) is 2. The average molecular weight is 575 g/mol. The van der Waals surface area contributed by atoms with E-state index in [1.54, 1.807) is 0 Å². The number of fused-ring (bicyclic) bond motifs is 3. The first-order valence-corrected chi connectivity index (χ1v) is 15.3. The molecule has 7 aromatic carbocycles. The molecular weight excluding hydrogens is 544 g/mol. The topological polar surface area (TPSA) is 35.9 Å². The molecule has 0 amide bonds. The maximum absolute atomic E-state index is 10.1. The summed E-state index contributed by atoms with van der Waals surface area (Å²) in [6.45, 7) is 0. The smallest absolute Gasteiger partial charge is 0.0724 e. The molecule has 0 fully saturated rings. The van der Waals surface area contributed by atoms with Crippen LogP contribution in [0, 0.1) is 5.41 Å². The van der Waals surface area contributed by atoms with Crippen molar-refractivity contribution in [3.63, 3.8) is 0 Å². The highest BCUT2D eigenvalue weighted by molar-refractivity contribution is 6.41. The molecule has 1 aliphatic heterocycles. The molecule has 0 aliphatic carbocycles. The average Bonchev–Trinajstić information content (AvgIpc) is 3.11. The van der Waals surface area contributed by atoms with E-state index in [-0.39, 0.29) is 0 Å². The molecule has 212 valence electrons. The summed E-state index contributed by atoms with van der Waals surface area (Å²) in [5, 5.41) is 18.4. The fourth-order valence-corrected chi connectivity index (χ4v) is 6.50. The number of allylic oxidation sites excluding steroid dienone is 1. The predicted molar refractivity (Wildman–Crippen MR) is 191 cm³/mol. The van der Waals surface area contributed by atoms with Crippen molar-refractivity contribution in [3.8, 4) is 11.1 Å². The fraction of sp³-hybridized carbons (Fsp3) is 0. The third kappa shape index (κ3) is 4.83. The lowest BCUT2D eigenvalue weighted by molar-refractivity contribution is 1.22. The van der Waals surface area contributed by atoms with Gasteiger partial charge in [0, 0.05) is 22.4 Å². The van der Waals surface area contributed by atoms with Crippen LogP contribution in [0.2, 0.25) is 0 Å². The number of hydrogen-bond donors (Lipinski definition) is 2. The second-order valence-electron chi connectivity index (χ2n) is 11.4. The molecule has 2 heteroatoms. The number of benzene rings is 7. The maximum atomic E-state index is 10.1. The van der Waals surface area contributed by atoms with Crippen LogP contribution in [0.4, 0.5) is 0 Å². The Bertz CT molecular complexity index is 2220. The van der Waals surface area contributed by atoms with E-state index in [2.05, 4.69) is 157 Å². The fourth-order valence-electron chi connectivity index (χ4n) is 6.50. The molecular formula is C43H30N2. The van der Waals surface area contributed by atoms with Crippen molar-refractivity contribution in [1.82, 2.24) is 5.32 Å². The van der Waals surface area contributed by atoms with Crippen molar-refractivity contribution in [3.05, 3.63) is 192 Å². The number of nitrogens with one attached hydrogen (secondary N) is 2. The van der Waals surface area contributed by atoms with Gasteiger partial charge in [-0.2, -0.15) is 0 Å². The van der Waals surface area contributed by atoms with Gasteiger partial charge in [-0.25, -0.2) is 0 Å². The summed E-state index contributed by atoms with van der Waals surface area (Å²) in [4.78, 5) is 0. The van der Waals surface area contributed by atoms with E-state index in [4.69, 9.17) is 0 Å². The van der Waals surface area contributed by atoms with Gasteiger partial charge in [0.05, 0.1) is 11.4 Å². The highest BCUT2D eigenvalue weighted by atomic mass is 14.9. The molecule has 0 bridgehead atoms. The highest BCUT2D eigenvalue weighted by Gasteiger charge is 2.26. The van der Waals surface area contributed by atoms with E-state index >= 15 is 0 Å². The first-order chi connectivity index (χ1) is 22.2. The van der Waals surface area contributed by atoms with Gasteiger partial charge in [-0.3, -0.25) is 5.41 Å². The van der Waals surface area contributed by atoms with Crippen molar-refractivity contribution >= 4 is 50.3 Å². The largest absolute Gasteiger partial charge is 0.354 e. The Morgan fingerprint density at radius 1 is 0.489 bits per heavy atom.